The number of thiophene rings is 1. The predicted molar refractivity (Wildman–Crippen MR) is 67.6 cm³/mol. The second-order valence-electron chi connectivity index (χ2n) is 3.34. The minimum Gasteiger partial charge on any atom is -0.357 e. The van der Waals surface area contributed by atoms with E-state index in [-0.39, 0.29) is 11.6 Å². The van der Waals surface area contributed by atoms with E-state index in [0.717, 1.165) is 6.07 Å². The first-order valence-corrected chi connectivity index (χ1v) is 6.51. The van der Waals surface area contributed by atoms with Crippen molar-refractivity contribution in [2.75, 3.05) is 12.4 Å². The highest BCUT2D eigenvalue weighted by Gasteiger charge is 2.33. The van der Waals surface area contributed by atoms with Crippen molar-refractivity contribution in [2.45, 2.75) is 6.18 Å². The second-order valence-corrected chi connectivity index (χ2v) is 4.94. The third kappa shape index (κ3) is 2.64. The Bertz CT molecular complexity index is 568. The molecule has 0 unspecified atom stereocenters. The molecule has 96 valence electrons. The zero-order valence-electron chi connectivity index (χ0n) is 9.05. The van der Waals surface area contributed by atoms with Gasteiger partial charge in [-0.25, -0.2) is 9.97 Å². The van der Waals surface area contributed by atoms with E-state index in [2.05, 4.69) is 31.2 Å². The van der Waals surface area contributed by atoms with Gasteiger partial charge in [-0.3, -0.25) is 0 Å². The average Bonchev–Trinajstić information content (AvgIpc) is 2.73. The molecule has 0 bridgehead atoms. The average molecular weight is 338 g/mol. The van der Waals surface area contributed by atoms with Gasteiger partial charge in [-0.05, 0) is 22.0 Å². The summed E-state index contributed by atoms with van der Waals surface area (Å²) >= 11 is 4.65. The van der Waals surface area contributed by atoms with Crippen molar-refractivity contribution in [2.24, 2.45) is 0 Å². The summed E-state index contributed by atoms with van der Waals surface area (Å²) in [5.74, 6) is -0.0575. The number of hydrogen-bond donors (Lipinski definition) is 1. The summed E-state index contributed by atoms with van der Waals surface area (Å²) < 4.78 is 38.8. The minimum absolute atomic E-state index is 0.0575. The van der Waals surface area contributed by atoms with E-state index in [1.807, 2.05) is 0 Å². The first-order chi connectivity index (χ1) is 8.41. The lowest BCUT2D eigenvalue weighted by molar-refractivity contribution is -0.141. The van der Waals surface area contributed by atoms with Gasteiger partial charge >= 0.3 is 6.18 Å². The van der Waals surface area contributed by atoms with Gasteiger partial charge < -0.3 is 5.32 Å². The van der Waals surface area contributed by atoms with E-state index in [1.165, 1.54) is 18.4 Å². The molecule has 2 aromatic heterocycles. The first kappa shape index (κ1) is 13.3. The van der Waals surface area contributed by atoms with E-state index in [4.69, 9.17) is 0 Å². The number of rotatable bonds is 2. The van der Waals surface area contributed by atoms with Crippen LogP contribution in [0.3, 0.4) is 0 Å². The van der Waals surface area contributed by atoms with Crippen LogP contribution in [-0.2, 0) is 6.18 Å². The van der Waals surface area contributed by atoms with Gasteiger partial charge in [0.2, 0.25) is 5.95 Å². The van der Waals surface area contributed by atoms with Crippen LogP contribution in [0.1, 0.15) is 5.69 Å². The summed E-state index contributed by atoms with van der Waals surface area (Å²) in [4.78, 5) is 7.43. The molecule has 2 rings (SSSR count). The van der Waals surface area contributed by atoms with Gasteiger partial charge in [-0.2, -0.15) is 24.5 Å². The number of halogens is 4. The third-order valence-corrected chi connectivity index (χ3v) is 3.83. The van der Waals surface area contributed by atoms with Gasteiger partial charge in [0, 0.05) is 27.8 Å². The zero-order chi connectivity index (χ0) is 13.3. The lowest BCUT2D eigenvalue weighted by atomic mass is 10.2. The van der Waals surface area contributed by atoms with Crippen molar-refractivity contribution in [3.8, 4) is 11.3 Å². The fraction of sp³-hybridized carbons (Fsp3) is 0.200. The third-order valence-electron chi connectivity index (χ3n) is 2.13. The van der Waals surface area contributed by atoms with Crippen LogP contribution in [0.2, 0.25) is 0 Å². The molecule has 2 heterocycles. The first-order valence-electron chi connectivity index (χ1n) is 4.78. The van der Waals surface area contributed by atoms with Gasteiger partial charge in [0.25, 0.3) is 0 Å². The number of alkyl halides is 3. The molecule has 18 heavy (non-hydrogen) atoms. The Labute approximate surface area is 113 Å². The highest BCUT2D eigenvalue weighted by molar-refractivity contribution is 9.10. The minimum atomic E-state index is -4.49. The summed E-state index contributed by atoms with van der Waals surface area (Å²) in [6.07, 6.45) is -4.49. The maximum Gasteiger partial charge on any atom is 0.433 e. The fourth-order valence-corrected chi connectivity index (χ4v) is 2.80. The van der Waals surface area contributed by atoms with E-state index in [9.17, 15) is 13.2 Å². The van der Waals surface area contributed by atoms with Crippen LogP contribution in [0.4, 0.5) is 19.1 Å². The lowest BCUT2D eigenvalue weighted by Gasteiger charge is -2.09. The molecule has 0 aromatic carbocycles. The Morgan fingerprint density at radius 1 is 1.28 bits per heavy atom. The maximum absolute atomic E-state index is 12.7. The Morgan fingerprint density at radius 2 is 2.00 bits per heavy atom. The van der Waals surface area contributed by atoms with Crippen LogP contribution in [0, 0.1) is 0 Å². The Balaban J connectivity index is 2.58. The Kier molecular flexibility index (Phi) is 3.58. The highest BCUT2D eigenvalue weighted by atomic mass is 79.9. The van der Waals surface area contributed by atoms with Crippen molar-refractivity contribution in [3.05, 3.63) is 27.0 Å². The monoisotopic (exact) mass is 337 g/mol. The van der Waals surface area contributed by atoms with Gasteiger partial charge in [-0.1, -0.05) is 0 Å². The summed E-state index contributed by atoms with van der Waals surface area (Å²) in [7, 11) is 1.47. The van der Waals surface area contributed by atoms with E-state index in [0.29, 0.717) is 10.0 Å². The molecule has 0 fully saturated rings. The van der Waals surface area contributed by atoms with E-state index in [1.54, 1.807) is 10.8 Å². The van der Waals surface area contributed by atoms with Crippen LogP contribution in [-0.4, -0.2) is 17.0 Å². The van der Waals surface area contributed by atoms with E-state index >= 15 is 0 Å². The molecule has 0 spiro atoms. The number of hydrogen-bond acceptors (Lipinski definition) is 4. The predicted octanol–water partition coefficient (Wildman–Crippen LogP) is 4.03. The Morgan fingerprint density at radius 3 is 2.50 bits per heavy atom. The fourth-order valence-electron chi connectivity index (χ4n) is 1.31. The molecule has 0 amide bonds. The van der Waals surface area contributed by atoms with Crippen molar-refractivity contribution in [1.29, 1.82) is 0 Å². The SMILES string of the molecule is CNc1nc(-c2cscc2Br)cc(C(F)(F)F)n1. The van der Waals surface area contributed by atoms with Crippen LogP contribution >= 0.6 is 27.3 Å². The number of nitrogens with zero attached hydrogens (tertiary/aromatic N) is 2. The molecular weight excluding hydrogens is 331 g/mol. The summed E-state index contributed by atoms with van der Waals surface area (Å²) in [5, 5.41) is 6.04. The maximum atomic E-state index is 12.7. The molecule has 0 radical (unpaired) electrons. The molecule has 0 atom stereocenters. The quantitative estimate of drug-likeness (QED) is 0.899. The standard InChI is InChI=1S/C10H7BrF3N3S/c1-15-9-16-7(5-3-18-4-6(5)11)2-8(17-9)10(12,13)14/h2-4H,1H3,(H,15,16,17). The molecule has 2 aromatic rings. The van der Waals surface area contributed by atoms with E-state index < -0.39 is 11.9 Å². The number of anilines is 1. The highest BCUT2D eigenvalue weighted by Crippen LogP contribution is 2.34. The van der Waals surface area contributed by atoms with Gasteiger partial charge in [0.1, 0.15) is 0 Å². The number of nitrogens with one attached hydrogen (secondary N) is 1. The molecular formula is C10H7BrF3N3S. The molecule has 0 aliphatic rings. The smallest absolute Gasteiger partial charge is 0.357 e. The largest absolute Gasteiger partial charge is 0.433 e. The molecule has 0 aliphatic heterocycles. The van der Waals surface area contributed by atoms with Gasteiger partial charge in [0.15, 0.2) is 5.69 Å². The van der Waals surface area contributed by atoms with Crippen LogP contribution in [0.25, 0.3) is 11.3 Å². The number of aromatic nitrogens is 2. The van der Waals surface area contributed by atoms with Crippen LogP contribution in [0.5, 0.6) is 0 Å². The summed E-state index contributed by atoms with van der Waals surface area (Å²) in [5.41, 5.74) is -0.117. The molecule has 0 saturated heterocycles. The van der Waals surface area contributed by atoms with Crippen molar-refractivity contribution >= 4 is 33.2 Å². The topological polar surface area (TPSA) is 37.8 Å². The molecule has 0 aliphatic carbocycles. The van der Waals surface area contributed by atoms with Crippen molar-refractivity contribution in [1.82, 2.24) is 9.97 Å². The summed E-state index contributed by atoms with van der Waals surface area (Å²) in [6.45, 7) is 0. The van der Waals surface area contributed by atoms with Crippen LogP contribution < -0.4 is 5.32 Å². The zero-order valence-corrected chi connectivity index (χ0v) is 11.4. The van der Waals surface area contributed by atoms with Crippen molar-refractivity contribution < 1.29 is 13.2 Å². The summed E-state index contributed by atoms with van der Waals surface area (Å²) in [6, 6.07) is 0.938. The molecule has 8 heteroatoms. The van der Waals surface area contributed by atoms with Crippen molar-refractivity contribution in [3.63, 3.8) is 0 Å². The normalized spacial score (nSPS) is 11.6. The second kappa shape index (κ2) is 4.85. The Hall–Kier alpha value is -1.15. The van der Waals surface area contributed by atoms with Crippen LogP contribution in [0.15, 0.2) is 21.3 Å². The van der Waals surface area contributed by atoms with Gasteiger partial charge in [-0.15, -0.1) is 0 Å². The molecule has 1 N–H and O–H groups in total. The lowest BCUT2D eigenvalue weighted by Crippen LogP contribution is -2.11. The molecule has 3 nitrogen and oxygen atoms in total. The molecule has 0 saturated carbocycles. The van der Waals surface area contributed by atoms with Gasteiger partial charge in [0.05, 0.1) is 5.69 Å².